The molecule has 0 saturated heterocycles. The molecule has 2 amide bonds. The van der Waals surface area contributed by atoms with Crippen LogP contribution >= 0.6 is 0 Å². The molecular formula is C81H186N26O10. The van der Waals surface area contributed by atoms with Crippen molar-refractivity contribution < 1.29 is 47.5 Å². The first-order chi connectivity index (χ1) is 57.2. The van der Waals surface area contributed by atoms with E-state index < -0.39 is 35.5 Å². The van der Waals surface area contributed by atoms with Gasteiger partial charge in [0.2, 0.25) is 0 Å². The first kappa shape index (κ1) is 115. The summed E-state index contributed by atoms with van der Waals surface area (Å²) < 4.78 is 55.6. The maximum absolute atomic E-state index is 16.7. The Bertz CT molecular complexity index is 1980. The molecule has 0 aromatic rings. The van der Waals surface area contributed by atoms with Crippen molar-refractivity contribution in [3.8, 4) is 0 Å². The summed E-state index contributed by atoms with van der Waals surface area (Å²) in [5.74, 6) is -1.37. The molecule has 34 N–H and O–H groups in total. The molecule has 36 nitrogen and oxygen atoms in total. The lowest BCUT2D eigenvalue weighted by Crippen LogP contribution is -2.65. The number of hydrogen-bond acceptors (Lipinski definition) is 34. The predicted molar refractivity (Wildman–Crippen MR) is 479 cm³/mol. The fourth-order valence-corrected chi connectivity index (χ4v) is 13.9. The van der Waals surface area contributed by atoms with Crippen LogP contribution in [-0.4, -0.2) is 416 Å². The number of amides is 2. The third-order valence-corrected chi connectivity index (χ3v) is 20.3. The van der Waals surface area contributed by atoms with Gasteiger partial charge in [0.25, 0.3) is 11.8 Å². The first-order valence-corrected chi connectivity index (χ1v) is 45.7. The minimum absolute atomic E-state index is 0.0370. The Kier molecular flexibility index (Phi) is 82.8. The molecule has 0 fully saturated rings. The zero-order chi connectivity index (χ0) is 86.0. The Morgan fingerprint density at radius 1 is 0.205 bits per heavy atom. The number of nitrogens with zero attached hydrogens (tertiary/aromatic N) is 8. The summed E-state index contributed by atoms with van der Waals surface area (Å²) >= 11 is 0. The van der Waals surface area contributed by atoms with Crippen molar-refractivity contribution in [1.82, 2.24) is 49.8 Å². The standard InChI is InChI=1S/C81H186N26O10/c82-24-1-40-100(41-2-25-83)55-16-64-110-72-80(116-70-22-61-105(50-11-34-92)51-12-35-93,73-111-65-17-56-101(42-3-26-84)43-4-27-85)98-78(108)76(114-68-20-59-103(46-7-30-88)47-8-31-89)77(115-69-21-60-104(48-9-32-90)49-10-33-91)79(109)99-81(75-113-67-19-58-107(63-39-97)54-15-38-96,117-71-23-62-106(52-13-36-94)53-14-37-95)74-112-66-18-57-102(44-5-28-86)45-6-29-87/h76-77H,1-75,82-97H2,(H,98,108)(H,99,109). The molecule has 0 aromatic heterocycles. The van der Waals surface area contributed by atoms with E-state index in [1.165, 1.54) is 0 Å². The monoisotopic (exact) mass is 1680 g/mol. The maximum atomic E-state index is 16.7. The van der Waals surface area contributed by atoms with Crippen LogP contribution in [0.2, 0.25) is 0 Å². The van der Waals surface area contributed by atoms with Gasteiger partial charge in [-0.25, -0.2) is 0 Å². The zero-order valence-corrected chi connectivity index (χ0v) is 74.1. The Labute approximate surface area is 710 Å². The molecule has 0 bridgehead atoms. The van der Waals surface area contributed by atoms with Gasteiger partial charge in [-0.2, -0.15) is 0 Å². The van der Waals surface area contributed by atoms with E-state index in [9.17, 15) is 0 Å². The van der Waals surface area contributed by atoms with Crippen molar-refractivity contribution in [1.29, 1.82) is 0 Å². The molecular weight excluding hydrogens is 1500 g/mol. The highest BCUT2D eigenvalue weighted by atomic mass is 16.6. The molecule has 0 heterocycles. The molecule has 117 heavy (non-hydrogen) atoms. The average molecular weight is 1680 g/mol. The summed E-state index contributed by atoms with van der Waals surface area (Å²) in [6.07, 6.45) is 13.6. The largest absolute Gasteiger partial charge is 0.376 e. The lowest BCUT2D eigenvalue weighted by molar-refractivity contribution is -0.186. The molecule has 0 saturated carbocycles. The van der Waals surface area contributed by atoms with Gasteiger partial charge in [-0.1, -0.05) is 0 Å². The topological polar surface area (TPSA) is 574 Å². The smallest absolute Gasteiger partial charge is 0.254 e. The summed E-state index contributed by atoms with van der Waals surface area (Å²) in [4.78, 5) is 52.0. The minimum Gasteiger partial charge on any atom is -0.376 e. The molecule has 3 atom stereocenters. The van der Waals surface area contributed by atoms with Crippen LogP contribution in [0.5, 0.6) is 0 Å². The number of carbonyl (C=O) groups is 2. The summed E-state index contributed by atoms with van der Waals surface area (Å²) in [7, 11) is 0. The van der Waals surface area contributed by atoms with Crippen molar-refractivity contribution in [3.05, 3.63) is 0 Å². The van der Waals surface area contributed by atoms with E-state index in [1.807, 2.05) is 0 Å². The van der Waals surface area contributed by atoms with E-state index in [2.05, 4.69) is 49.8 Å². The summed E-state index contributed by atoms with van der Waals surface area (Å²) in [6.45, 7) is 27.7. The Morgan fingerprint density at radius 3 is 0.530 bits per heavy atom. The number of ether oxygens (including phenoxy) is 8. The maximum Gasteiger partial charge on any atom is 0.254 e. The van der Waals surface area contributed by atoms with Gasteiger partial charge in [0, 0.05) is 105 Å². The van der Waals surface area contributed by atoms with Gasteiger partial charge < -0.3 is 179 Å². The highest BCUT2D eigenvalue weighted by molar-refractivity contribution is 5.91. The number of carbonyl (C=O) groups excluding carboxylic acids is 2. The summed E-state index contributed by atoms with van der Waals surface area (Å²) in [5.41, 5.74) is 93.7. The molecule has 0 rings (SSSR count). The number of nitrogens with two attached hydrogens (primary N) is 16. The Morgan fingerprint density at radius 2 is 0.359 bits per heavy atom. The second-order valence-electron chi connectivity index (χ2n) is 30.9. The minimum atomic E-state index is -1.66. The molecule has 0 aliphatic heterocycles. The second-order valence-corrected chi connectivity index (χ2v) is 30.9. The molecule has 3 unspecified atom stereocenters. The normalized spacial score (nSPS) is 13.4. The highest BCUT2D eigenvalue weighted by Gasteiger charge is 2.45. The third-order valence-electron chi connectivity index (χ3n) is 20.3. The number of nitrogens with one attached hydrogen (secondary N) is 2. The van der Waals surface area contributed by atoms with E-state index in [0.717, 1.165) is 214 Å². The van der Waals surface area contributed by atoms with E-state index in [4.69, 9.17) is 130 Å². The quantitative estimate of drug-likeness (QED) is 0.0205. The molecule has 700 valence electrons. The van der Waals surface area contributed by atoms with Gasteiger partial charge in [0.05, 0.1) is 39.6 Å². The average Bonchev–Trinajstić information content (AvgIpc) is 0.811. The van der Waals surface area contributed by atoms with Gasteiger partial charge in [0.1, 0.15) is 0 Å². The molecule has 0 aliphatic carbocycles. The van der Waals surface area contributed by atoms with Crippen LogP contribution in [0.4, 0.5) is 0 Å². The fourth-order valence-electron chi connectivity index (χ4n) is 13.9. The van der Waals surface area contributed by atoms with Gasteiger partial charge in [-0.15, -0.1) is 0 Å². The van der Waals surface area contributed by atoms with Crippen molar-refractivity contribution in [2.45, 2.75) is 171 Å². The van der Waals surface area contributed by atoms with Crippen molar-refractivity contribution in [3.63, 3.8) is 0 Å². The lowest BCUT2D eigenvalue weighted by atomic mass is 10.1. The third kappa shape index (κ3) is 64.1. The van der Waals surface area contributed by atoms with E-state index >= 15 is 9.59 Å². The predicted octanol–water partition coefficient (Wildman–Crippen LogP) is -3.79. The van der Waals surface area contributed by atoms with Crippen LogP contribution in [0, 0.1) is 0 Å². The Hall–Kier alpha value is -2.34. The lowest BCUT2D eigenvalue weighted by Gasteiger charge is -2.38. The van der Waals surface area contributed by atoms with E-state index in [1.54, 1.807) is 0 Å². The molecule has 0 radical (unpaired) electrons. The number of hydrogen-bond donors (Lipinski definition) is 18. The highest BCUT2D eigenvalue weighted by Crippen LogP contribution is 2.20. The van der Waals surface area contributed by atoms with E-state index in [0.29, 0.717) is 222 Å². The molecule has 0 aliphatic rings. The van der Waals surface area contributed by atoms with Gasteiger partial charge >= 0.3 is 0 Å². The van der Waals surface area contributed by atoms with Gasteiger partial charge in [-0.3, -0.25) is 9.59 Å². The summed E-state index contributed by atoms with van der Waals surface area (Å²) in [6, 6.07) is 0. The van der Waals surface area contributed by atoms with Crippen LogP contribution in [0.25, 0.3) is 0 Å². The van der Waals surface area contributed by atoms with Gasteiger partial charge in [0.15, 0.2) is 23.7 Å². The van der Waals surface area contributed by atoms with Crippen LogP contribution in [0.1, 0.15) is 148 Å². The van der Waals surface area contributed by atoms with Gasteiger partial charge in [-0.05, 0) is 344 Å². The Balaban J connectivity index is 9.21. The molecule has 36 heteroatoms. The fraction of sp³-hybridized carbons (Fsp3) is 0.975. The van der Waals surface area contributed by atoms with Crippen molar-refractivity contribution in [2.24, 2.45) is 91.7 Å². The van der Waals surface area contributed by atoms with Crippen LogP contribution in [-0.2, 0) is 47.5 Å². The molecule has 0 aromatic carbocycles. The van der Waals surface area contributed by atoms with Crippen LogP contribution < -0.4 is 102 Å². The number of rotatable bonds is 96. The zero-order valence-electron chi connectivity index (χ0n) is 74.1. The van der Waals surface area contributed by atoms with Crippen molar-refractivity contribution >= 4 is 11.8 Å². The molecule has 0 spiro atoms. The first-order valence-electron chi connectivity index (χ1n) is 45.7. The SMILES string of the molecule is NCCCN(CCN)CCCOCC(COCCCN(CCCN)CCCN)(NC(=O)C(OCCCN(CCCN)CCCN)C(OCCCN(CCCN)CCCN)C(=O)NC(COCCCN(CCCN)CCCN)(COCCCN(CCCN)CCCN)OCCCN(CCCN)CCCN)OCCCN(CCCN)CCCN. The second kappa shape index (κ2) is 84.5. The van der Waals surface area contributed by atoms with Crippen LogP contribution in [0.15, 0.2) is 0 Å². The van der Waals surface area contributed by atoms with Crippen molar-refractivity contribution in [2.75, 3.05) is 341 Å². The van der Waals surface area contributed by atoms with E-state index in [-0.39, 0.29) is 52.9 Å². The van der Waals surface area contributed by atoms with Crippen LogP contribution in [0.3, 0.4) is 0 Å². The summed E-state index contributed by atoms with van der Waals surface area (Å²) in [5, 5.41) is 6.74.